The molecule has 0 unspecified atom stereocenters. The number of ether oxygens (including phenoxy) is 1. The lowest BCUT2D eigenvalue weighted by Crippen LogP contribution is -2.41. The van der Waals surface area contributed by atoms with Crippen LogP contribution in [-0.2, 0) is 14.3 Å². The minimum atomic E-state index is -1.05. The Hall–Kier alpha value is -0.900. The lowest BCUT2D eigenvalue weighted by atomic mass is 9.88. The van der Waals surface area contributed by atoms with Gasteiger partial charge in [-0.25, -0.2) is 0 Å². The average Bonchev–Trinajstić information content (AvgIpc) is 2.26. The molecule has 0 N–H and O–H groups in total. The van der Waals surface area contributed by atoms with E-state index < -0.39 is 11.4 Å². The molecule has 0 heterocycles. The molecule has 0 aromatic rings. The molecule has 0 atom stereocenters. The zero-order valence-corrected chi connectivity index (χ0v) is 11.7. The Bertz CT molecular complexity index is 261. The molecule has 0 saturated heterocycles. The Morgan fingerprint density at radius 2 is 1.82 bits per heavy atom. The molecule has 0 aliphatic carbocycles. The predicted octanol–water partition coefficient (Wildman–Crippen LogP) is 1.88. The quantitative estimate of drug-likeness (QED) is 0.482. The lowest BCUT2D eigenvalue weighted by Gasteiger charge is -2.24. The molecule has 0 saturated carbocycles. The molecule has 4 nitrogen and oxygen atoms in total. The van der Waals surface area contributed by atoms with Crippen molar-refractivity contribution < 1.29 is 14.3 Å². The van der Waals surface area contributed by atoms with Gasteiger partial charge < -0.3 is 4.74 Å². The summed E-state index contributed by atoms with van der Waals surface area (Å²) >= 11 is 0. The molecule has 0 aliphatic rings. The second-order valence-corrected chi connectivity index (χ2v) is 4.86. The Kier molecular flexibility index (Phi) is 7.04. The molecule has 17 heavy (non-hydrogen) atoms. The minimum absolute atomic E-state index is 0.0884. The van der Waals surface area contributed by atoms with Crippen LogP contribution in [-0.4, -0.2) is 43.4 Å². The molecule has 0 fully saturated rings. The number of hydrogen-bond acceptors (Lipinski definition) is 4. The Morgan fingerprint density at radius 3 is 2.29 bits per heavy atom. The standard InChI is InChI=1S/C13H25NO3/c1-6-8-9-14(5)10-11(15)13(3,4)12(16)17-7-2/h6-10H2,1-5H3. The van der Waals surface area contributed by atoms with Crippen molar-refractivity contribution in [1.82, 2.24) is 4.90 Å². The fourth-order valence-electron chi connectivity index (χ4n) is 1.38. The first-order chi connectivity index (χ1) is 7.86. The second-order valence-electron chi connectivity index (χ2n) is 4.86. The molecule has 0 aromatic carbocycles. The van der Waals surface area contributed by atoms with Crippen molar-refractivity contribution in [3.05, 3.63) is 0 Å². The molecule has 100 valence electrons. The van der Waals surface area contributed by atoms with Crippen LogP contribution in [0.15, 0.2) is 0 Å². The number of Topliss-reactive ketones (excluding diaryl/α,β-unsaturated/α-hetero) is 1. The van der Waals surface area contributed by atoms with E-state index in [-0.39, 0.29) is 5.78 Å². The number of rotatable bonds is 8. The van der Waals surface area contributed by atoms with Gasteiger partial charge in [-0.15, -0.1) is 0 Å². The van der Waals surface area contributed by atoms with Gasteiger partial charge in [-0.3, -0.25) is 14.5 Å². The van der Waals surface area contributed by atoms with Gasteiger partial charge in [0.2, 0.25) is 0 Å². The maximum atomic E-state index is 12.0. The van der Waals surface area contributed by atoms with E-state index in [2.05, 4.69) is 6.92 Å². The first kappa shape index (κ1) is 16.1. The van der Waals surface area contributed by atoms with Crippen molar-refractivity contribution in [1.29, 1.82) is 0 Å². The molecule has 0 spiro atoms. The summed E-state index contributed by atoms with van der Waals surface area (Å²) in [7, 11) is 1.90. The molecule has 0 rings (SSSR count). The van der Waals surface area contributed by atoms with Crippen molar-refractivity contribution >= 4 is 11.8 Å². The minimum Gasteiger partial charge on any atom is -0.465 e. The molecule has 0 aromatic heterocycles. The van der Waals surface area contributed by atoms with Crippen LogP contribution in [0.5, 0.6) is 0 Å². The third-order valence-electron chi connectivity index (χ3n) is 2.79. The van der Waals surface area contributed by atoms with Gasteiger partial charge in [0.25, 0.3) is 0 Å². The van der Waals surface area contributed by atoms with Gasteiger partial charge >= 0.3 is 5.97 Å². The van der Waals surface area contributed by atoms with Crippen LogP contribution in [0.2, 0.25) is 0 Å². The first-order valence-electron chi connectivity index (χ1n) is 6.25. The van der Waals surface area contributed by atoms with E-state index in [1.165, 1.54) is 0 Å². The summed E-state index contributed by atoms with van der Waals surface area (Å²) in [5, 5.41) is 0. The highest BCUT2D eigenvalue weighted by molar-refractivity contribution is 6.03. The summed E-state index contributed by atoms with van der Waals surface area (Å²) < 4.78 is 4.91. The maximum Gasteiger partial charge on any atom is 0.319 e. The van der Waals surface area contributed by atoms with Gasteiger partial charge in [-0.1, -0.05) is 13.3 Å². The molecular weight excluding hydrogens is 218 g/mol. The number of carbonyl (C=O) groups excluding carboxylic acids is 2. The van der Waals surface area contributed by atoms with E-state index in [4.69, 9.17) is 4.74 Å². The van der Waals surface area contributed by atoms with Crippen molar-refractivity contribution in [3.63, 3.8) is 0 Å². The SMILES string of the molecule is CCCCN(C)CC(=O)C(C)(C)C(=O)OCC. The van der Waals surface area contributed by atoms with Gasteiger partial charge in [0.15, 0.2) is 5.78 Å². The number of likely N-dealkylation sites (N-methyl/N-ethyl adjacent to an activating group) is 1. The molecule has 0 radical (unpaired) electrons. The summed E-state index contributed by atoms with van der Waals surface area (Å²) in [6.07, 6.45) is 2.16. The summed E-state index contributed by atoms with van der Waals surface area (Å²) in [4.78, 5) is 25.6. The lowest BCUT2D eigenvalue weighted by molar-refractivity contribution is -0.158. The first-order valence-corrected chi connectivity index (χ1v) is 6.25. The Morgan fingerprint density at radius 1 is 1.24 bits per heavy atom. The van der Waals surface area contributed by atoms with Crippen LogP contribution >= 0.6 is 0 Å². The zero-order valence-electron chi connectivity index (χ0n) is 11.7. The van der Waals surface area contributed by atoms with E-state index in [0.29, 0.717) is 13.2 Å². The van der Waals surface area contributed by atoms with E-state index in [1.54, 1.807) is 20.8 Å². The number of nitrogens with zero attached hydrogens (tertiary/aromatic N) is 1. The molecular formula is C13H25NO3. The molecule has 4 heteroatoms. The second kappa shape index (κ2) is 7.43. The summed E-state index contributed by atoms with van der Waals surface area (Å²) in [5.74, 6) is -0.525. The van der Waals surface area contributed by atoms with Crippen LogP contribution in [0.4, 0.5) is 0 Å². The maximum absolute atomic E-state index is 12.0. The van der Waals surface area contributed by atoms with Crippen LogP contribution < -0.4 is 0 Å². The number of ketones is 1. The van der Waals surface area contributed by atoms with E-state index in [9.17, 15) is 9.59 Å². The third kappa shape index (κ3) is 5.31. The van der Waals surface area contributed by atoms with E-state index in [0.717, 1.165) is 19.4 Å². The third-order valence-corrected chi connectivity index (χ3v) is 2.79. The smallest absolute Gasteiger partial charge is 0.319 e. The van der Waals surface area contributed by atoms with Crippen LogP contribution in [0.1, 0.15) is 40.5 Å². The summed E-state index contributed by atoms with van der Waals surface area (Å²) in [5.41, 5.74) is -1.05. The topological polar surface area (TPSA) is 46.6 Å². The van der Waals surface area contributed by atoms with Gasteiger partial charge in [-0.05, 0) is 40.8 Å². The van der Waals surface area contributed by atoms with Crippen molar-refractivity contribution in [2.45, 2.75) is 40.5 Å². The van der Waals surface area contributed by atoms with E-state index >= 15 is 0 Å². The Labute approximate surface area is 104 Å². The van der Waals surface area contributed by atoms with Crippen LogP contribution in [0.25, 0.3) is 0 Å². The van der Waals surface area contributed by atoms with E-state index in [1.807, 2.05) is 11.9 Å². The van der Waals surface area contributed by atoms with Crippen LogP contribution in [0, 0.1) is 5.41 Å². The molecule has 0 bridgehead atoms. The van der Waals surface area contributed by atoms with Gasteiger partial charge in [-0.2, -0.15) is 0 Å². The summed E-state index contributed by atoms with van der Waals surface area (Å²) in [6, 6.07) is 0. The van der Waals surface area contributed by atoms with Crippen molar-refractivity contribution in [2.24, 2.45) is 5.41 Å². The Balaban J connectivity index is 4.33. The zero-order chi connectivity index (χ0) is 13.5. The number of hydrogen-bond donors (Lipinski definition) is 0. The average molecular weight is 243 g/mol. The summed E-state index contributed by atoms with van der Waals surface area (Å²) in [6.45, 7) is 8.58. The largest absolute Gasteiger partial charge is 0.465 e. The molecule has 0 amide bonds. The fraction of sp³-hybridized carbons (Fsp3) is 0.846. The highest BCUT2D eigenvalue weighted by atomic mass is 16.5. The van der Waals surface area contributed by atoms with Crippen molar-refractivity contribution in [2.75, 3.05) is 26.7 Å². The monoisotopic (exact) mass is 243 g/mol. The highest BCUT2D eigenvalue weighted by Crippen LogP contribution is 2.19. The number of unbranched alkanes of at least 4 members (excludes halogenated alkanes) is 1. The molecule has 0 aliphatic heterocycles. The highest BCUT2D eigenvalue weighted by Gasteiger charge is 2.37. The fourth-order valence-corrected chi connectivity index (χ4v) is 1.38. The van der Waals surface area contributed by atoms with Gasteiger partial charge in [0.05, 0.1) is 13.2 Å². The number of carbonyl (C=O) groups is 2. The van der Waals surface area contributed by atoms with Gasteiger partial charge in [0.1, 0.15) is 5.41 Å². The normalized spacial score (nSPS) is 11.6. The van der Waals surface area contributed by atoms with Crippen molar-refractivity contribution in [3.8, 4) is 0 Å². The van der Waals surface area contributed by atoms with Gasteiger partial charge in [0, 0.05) is 0 Å². The number of esters is 1. The predicted molar refractivity (Wildman–Crippen MR) is 67.8 cm³/mol. The van der Waals surface area contributed by atoms with Crippen LogP contribution in [0.3, 0.4) is 0 Å².